The van der Waals surface area contributed by atoms with Crippen molar-refractivity contribution in [3.05, 3.63) is 59.2 Å². The molecule has 0 aliphatic heterocycles. The summed E-state index contributed by atoms with van der Waals surface area (Å²) in [5.74, 6) is -2.49. The van der Waals surface area contributed by atoms with Crippen molar-refractivity contribution in [1.82, 2.24) is 19.9 Å². The Labute approximate surface area is 152 Å². The standard InChI is InChI=1S/C17H15N5O3S/c18-16(24)14(23)12(8-10-4-2-1-3-5-10)20-17(25)15-13(21-22-26-15)11-6-7-19-9-11/h1-7,9,12,19H,8H2,(H2,18,24)(H,20,25). The first-order chi connectivity index (χ1) is 12.6. The van der Waals surface area contributed by atoms with Gasteiger partial charge in [-0.2, -0.15) is 0 Å². The Morgan fingerprint density at radius 1 is 1.19 bits per heavy atom. The molecule has 26 heavy (non-hydrogen) atoms. The minimum atomic E-state index is -1.10. The molecule has 0 radical (unpaired) electrons. The predicted molar refractivity (Wildman–Crippen MR) is 95.3 cm³/mol. The first-order valence-corrected chi connectivity index (χ1v) is 8.47. The zero-order valence-corrected chi connectivity index (χ0v) is 14.3. The fourth-order valence-corrected chi connectivity index (χ4v) is 3.05. The van der Waals surface area contributed by atoms with Crippen LogP contribution in [0.5, 0.6) is 0 Å². The lowest BCUT2D eigenvalue weighted by molar-refractivity contribution is -0.137. The highest BCUT2D eigenvalue weighted by molar-refractivity contribution is 7.08. The van der Waals surface area contributed by atoms with Crippen LogP contribution in [0.1, 0.15) is 15.2 Å². The van der Waals surface area contributed by atoms with Crippen molar-refractivity contribution in [3.63, 3.8) is 0 Å². The number of hydrogen-bond acceptors (Lipinski definition) is 6. The molecule has 0 bridgehead atoms. The second kappa shape index (κ2) is 7.70. The number of rotatable bonds is 7. The zero-order valence-electron chi connectivity index (χ0n) is 13.5. The van der Waals surface area contributed by atoms with Gasteiger partial charge in [0.2, 0.25) is 5.78 Å². The highest BCUT2D eigenvalue weighted by Gasteiger charge is 2.28. The Morgan fingerprint density at radius 2 is 1.96 bits per heavy atom. The van der Waals surface area contributed by atoms with Crippen LogP contribution in [0.3, 0.4) is 0 Å². The summed E-state index contributed by atoms with van der Waals surface area (Å²) in [7, 11) is 0. The van der Waals surface area contributed by atoms with Crippen molar-refractivity contribution in [1.29, 1.82) is 0 Å². The molecule has 8 nitrogen and oxygen atoms in total. The van der Waals surface area contributed by atoms with E-state index in [1.165, 1.54) is 0 Å². The van der Waals surface area contributed by atoms with Crippen LogP contribution in [0, 0.1) is 0 Å². The summed E-state index contributed by atoms with van der Waals surface area (Å²) in [6, 6.07) is 9.73. The smallest absolute Gasteiger partial charge is 0.287 e. The Balaban J connectivity index is 1.83. The molecule has 0 fully saturated rings. The van der Waals surface area contributed by atoms with E-state index in [1.807, 2.05) is 6.07 Å². The summed E-state index contributed by atoms with van der Waals surface area (Å²) in [5.41, 5.74) is 7.02. The van der Waals surface area contributed by atoms with Crippen LogP contribution in [0.2, 0.25) is 0 Å². The molecule has 132 valence electrons. The second-order valence-corrected chi connectivity index (χ2v) is 6.25. The van der Waals surface area contributed by atoms with Crippen LogP contribution in [0.4, 0.5) is 0 Å². The maximum atomic E-state index is 12.7. The van der Waals surface area contributed by atoms with E-state index in [-0.39, 0.29) is 11.3 Å². The SMILES string of the molecule is NC(=O)C(=O)C(Cc1ccccc1)NC(=O)c1snnc1-c1cc[nH]c1. The van der Waals surface area contributed by atoms with Crippen LogP contribution in [-0.2, 0) is 16.0 Å². The number of H-pyrrole nitrogens is 1. The number of amides is 2. The average molecular weight is 369 g/mol. The number of carbonyl (C=O) groups excluding carboxylic acids is 3. The van der Waals surface area contributed by atoms with Crippen LogP contribution in [-0.4, -0.2) is 38.2 Å². The number of primary amides is 1. The van der Waals surface area contributed by atoms with Gasteiger partial charge < -0.3 is 16.0 Å². The van der Waals surface area contributed by atoms with E-state index in [1.54, 1.807) is 42.7 Å². The number of benzene rings is 1. The van der Waals surface area contributed by atoms with Crippen molar-refractivity contribution in [2.24, 2.45) is 5.73 Å². The van der Waals surface area contributed by atoms with E-state index >= 15 is 0 Å². The maximum absolute atomic E-state index is 12.7. The maximum Gasteiger partial charge on any atom is 0.287 e. The van der Waals surface area contributed by atoms with Crippen LogP contribution in [0.15, 0.2) is 48.8 Å². The lowest BCUT2D eigenvalue weighted by Gasteiger charge is -2.16. The van der Waals surface area contributed by atoms with E-state index < -0.39 is 23.6 Å². The third kappa shape index (κ3) is 3.83. The number of nitrogens with two attached hydrogens (primary N) is 1. The Hall–Kier alpha value is -3.33. The first-order valence-electron chi connectivity index (χ1n) is 7.70. The number of Topliss-reactive ketones (excluding diaryl/α,β-unsaturated/α-hetero) is 1. The molecule has 2 heterocycles. The predicted octanol–water partition coefficient (Wildman–Crippen LogP) is 0.929. The van der Waals surface area contributed by atoms with Gasteiger partial charge in [-0.3, -0.25) is 14.4 Å². The number of nitrogens with one attached hydrogen (secondary N) is 2. The molecule has 1 aromatic carbocycles. The number of aromatic amines is 1. The van der Waals surface area contributed by atoms with Gasteiger partial charge in [0, 0.05) is 24.4 Å². The Bertz CT molecular complexity index is 921. The van der Waals surface area contributed by atoms with E-state index in [4.69, 9.17) is 5.73 Å². The molecule has 1 unspecified atom stereocenters. The van der Waals surface area contributed by atoms with Crippen LogP contribution in [0.25, 0.3) is 11.3 Å². The second-order valence-electron chi connectivity index (χ2n) is 5.49. The van der Waals surface area contributed by atoms with Crippen molar-refractivity contribution < 1.29 is 14.4 Å². The van der Waals surface area contributed by atoms with Crippen LogP contribution >= 0.6 is 11.5 Å². The third-order valence-electron chi connectivity index (χ3n) is 3.71. The quantitative estimate of drug-likeness (QED) is 0.533. The molecule has 2 amide bonds. The van der Waals surface area contributed by atoms with Gasteiger partial charge in [0.15, 0.2) is 0 Å². The van der Waals surface area contributed by atoms with Gasteiger partial charge in [-0.15, -0.1) is 5.10 Å². The minimum Gasteiger partial charge on any atom is -0.367 e. The molecule has 0 aliphatic rings. The molecule has 4 N–H and O–H groups in total. The average Bonchev–Trinajstić information content (AvgIpc) is 3.32. The molecule has 0 saturated carbocycles. The monoisotopic (exact) mass is 369 g/mol. The summed E-state index contributed by atoms with van der Waals surface area (Å²) in [5, 5.41) is 6.54. The molecule has 0 spiro atoms. The molecular formula is C17H15N5O3S. The topological polar surface area (TPSA) is 131 Å². The van der Waals surface area contributed by atoms with E-state index in [0.29, 0.717) is 11.3 Å². The zero-order chi connectivity index (χ0) is 18.5. The molecule has 3 aromatic rings. The minimum absolute atomic E-state index is 0.153. The number of aromatic nitrogens is 3. The largest absolute Gasteiger partial charge is 0.367 e. The molecule has 2 aromatic heterocycles. The van der Waals surface area contributed by atoms with Crippen molar-refractivity contribution in [2.75, 3.05) is 0 Å². The van der Waals surface area contributed by atoms with Gasteiger partial charge in [0.05, 0.1) is 0 Å². The van der Waals surface area contributed by atoms with Crippen molar-refractivity contribution >= 4 is 29.1 Å². The normalized spacial score (nSPS) is 11.7. The fraction of sp³-hybridized carbons (Fsp3) is 0.118. The Kier molecular flexibility index (Phi) is 5.18. The summed E-state index contributed by atoms with van der Waals surface area (Å²) >= 11 is 0.910. The van der Waals surface area contributed by atoms with Crippen molar-refractivity contribution in [2.45, 2.75) is 12.5 Å². The lowest BCUT2D eigenvalue weighted by Crippen LogP contribution is -2.47. The third-order valence-corrected chi connectivity index (χ3v) is 4.44. The molecule has 0 saturated heterocycles. The fourth-order valence-electron chi connectivity index (χ4n) is 2.45. The number of carbonyl (C=O) groups is 3. The van der Waals surface area contributed by atoms with Crippen molar-refractivity contribution in [3.8, 4) is 11.3 Å². The first kappa shape index (κ1) is 17.5. The lowest BCUT2D eigenvalue weighted by atomic mass is 10.0. The number of ketones is 1. The number of hydrogen-bond donors (Lipinski definition) is 3. The molecule has 3 rings (SSSR count). The van der Waals surface area contributed by atoms with E-state index in [2.05, 4.69) is 19.9 Å². The Morgan fingerprint density at radius 3 is 2.62 bits per heavy atom. The van der Waals surface area contributed by atoms with Gasteiger partial charge >= 0.3 is 0 Å². The summed E-state index contributed by atoms with van der Waals surface area (Å²) in [4.78, 5) is 39.3. The molecule has 1 atom stereocenters. The van der Waals surface area contributed by atoms with Gasteiger partial charge in [-0.25, -0.2) is 0 Å². The van der Waals surface area contributed by atoms with Gasteiger partial charge in [0.1, 0.15) is 16.6 Å². The molecule has 9 heteroatoms. The van der Waals surface area contributed by atoms with E-state index in [9.17, 15) is 14.4 Å². The van der Waals surface area contributed by atoms with Crippen LogP contribution < -0.4 is 11.1 Å². The number of nitrogens with zero attached hydrogens (tertiary/aromatic N) is 2. The van der Waals surface area contributed by atoms with Gasteiger partial charge in [-0.1, -0.05) is 34.8 Å². The van der Waals surface area contributed by atoms with E-state index in [0.717, 1.165) is 17.1 Å². The summed E-state index contributed by atoms with van der Waals surface area (Å²) in [6.07, 6.45) is 3.54. The summed E-state index contributed by atoms with van der Waals surface area (Å²) < 4.78 is 3.81. The highest BCUT2D eigenvalue weighted by atomic mass is 32.1. The summed E-state index contributed by atoms with van der Waals surface area (Å²) in [6.45, 7) is 0. The molecule has 0 aliphatic carbocycles. The molecular weight excluding hydrogens is 354 g/mol. The highest BCUT2D eigenvalue weighted by Crippen LogP contribution is 2.23. The van der Waals surface area contributed by atoms with Gasteiger partial charge in [0.25, 0.3) is 11.8 Å². The van der Waals surface area contributed by atoms with Gasteiger partial charge in [-0.05, 0) is 23.2 Å².